The summed E-state index contributed by atoms with van der Waals surface area (Å²) in [4.78, 5) is 15.7. The summed E-state index contributed by atoms with van der Waals surface area (Å²) in [5.41, 5.74) is 0.887. The third kappa shape index (κ3) is 6.04. The molecule has 0 aliphatic rings. The van der Waals surface area contributed by atoms with Gasteiger partial charge >= 0.3 is 6.03 Å². The first-order valence-corrected chi connectivity index (χ1v) is 7.44. The molecule has 0 unspecified atom stereocenters. The molecule has 0 radical (unpaired) electrons. The summed E-state index contributed by atoms with van der Waals surface area (Å²) in [5.74, 6) is 1.25. The molecular weight excluding hydrogens is 318 g/mol. The number of hydrogen-bond donors (Lipinski definition) is 2. The number of carbonyl (C=O) groups is 1. The standard InChI is InChI=1S/C16H18ClN3O3/c1-22-15-7-2-12(10-19-15)11-20-16(21)18-8-9-23-14-5-3-13(17)4-6-14/h2-7,10H,8-9,11H2,1H3,(H2,18,20,21). The van der Waals surface area contributed by atoms with E-state index in [0.29, 0.717) is 36.3 Å². The lowest BCUT2D eigenvalue weighted by Gasteiger charge is -2.09. The molecule has 23 heavy (non-hydrogen) atoms. The number of benzene rings is 1. The smallest absolute Gasteiger partial charge is 0.315 e. The van der Waals surface area contributed by atoms with Gasteiger partial charge in [0.1, 0.15) is 12.4 Å². The van der Waals surface area contributed by atoms with Gasteiger partial charge in [-0.3, -0.25) is 0 Å². The minimum Gasteiger partial charge on any atom is -0.492 e. The minimum absolute atomic E-state index is 0.263. The van der Waals surface area contributed by atoms with Gasteiger partial charge in [0.05, 0.1) is 13.7 Å². The number of amides is 2. The van der Waals surface area contributed by atoms with Crippen LogP contribution in [-0.4, -0.2) is 31.3 Å². The monoisotopic (exact) mass is 335 g/mol. The molecular formula is C16H18ClN3O3. The quantitative estimate of drug-likeness (QED) is 0.763. The number of nitrogens with zero attached hydrogens (tertiary/aromatic N) is 1. The molecule has 0 spiro atoms. The number of ether oxygens (including phenoxy) is 2. The maximum atomic E-state index is 11.7. The van der Waals surface area contributed by atoms with E-state index < -0.39 is 0 Å². The van der Waals surface area contributed by atoms with Crippen molar-refractivity contribution in [2.45, 2.75) is 6.54 Å². The predicted molar refractivity (Wildman–Crippen MR) is 88.0 cm³/mol. The van der Waals surface area contributed by atoms with E-state index in [1.165, 1.54) is 0 Å². The number of halogens is 1. The third-order valence-electron chi connectivity index (χ3n) is 2.93. The second-order valence-electron chi connectivity index (χ2n) is 4.62. The second kappa shape index (κ2) is 8.85. The van der Waals surface area contributed by atoms with Crippen LogP contribution in [0, 0.1) is 0 Å². The Hall–Kier alpha value is -2.47. The molecule has 0 fully saturated rings. The third-order valence-corrected chi connectivity index (χ3v) is 3.18. The summed E-state index contributed by atoms with van der Waals surface area (Å²) in [5, 5.41) is 6.11. The van der Waals surface area contributed by atoms with E-state index in [-0.39, 0.29) is 6.03 Å². The Morgan fingerprint density at radius 1 is 1.17 bits per heavy atom. The molecule has 0 aliphatic carbocycles. The molecule has 0 saturated heterocycles. The van der Waals surface area contributed by atoms with Crippen LogP contribution in [0.2, 0.25) is 5.02 Å². The van der Waals surface area contributed by atoms with Crippen LogP contribution in [0.3, 0.4) is 0 Å². The van der Waals surface area contributed by atoms with Gasteiger partial charge in [-0.1, -0.05) is 17.7 Å². The van der Waals surface area contributed by atoms with Crippen LogP contribution in [0.4, 0.5) is 4.79 Å². The first kappa shape index (κ1) is 16.9. The van der Waals surface area contributed by atoms with E-state index in [0.717, 1.165) is 5.56 Å². The van der Waals surface area contributed by atoms with Crippen molar-refractivity contribution < 1.29 is 14.3 Å². The molecule has 6 nitrogen and oxygen atoms in total. The number of hydrogen-bond acceptors (Lipinski definition) is 4. The van der Waals surface area contributed by atoms with Gasteiger partial charge in [-0.05, 0) is 29.8 Å². The molecule has 2 aromatic rings. The maximum absolute atomic E-state index is 11.7. The number of rotatable bonds is 7. The fraction of sp³-hybridized carbons (Fsp3) is 0.250. The summed E-state index contributed by atoms with van der Waals surface area (Å²) in [7, 11) is 1.56. The van der Waals surface area contributed by atoms with Crippen molar-refractivity contribution in [2.75, 3.05) is 20.3 Å². The maximum Gasteiger partial charge on any atom is 0.315 e. The van der Waals surface area contributed by atoms with E-state index in [4.69, 9.17) is 21.1 Å². The number of carbonyl (C=O) groups excluding carboxylic acids is 1. The van der Waals surface area contributed by atoms with Crippen molar-refractivity contribution in [3.05, 3.63) is 53.2 Å². The van der Waals surface area contributed by atoms with Crippen LogP contribution in [0.25, 0.3) is 0 Å². The summed E-state index contributed by atoms with van der Waals surface area (Å²) >= 11 is 5.78. The molecule has 7 heteroatoms. The van der Waals surface area contributed by atoms with Crippen LogP contribution >= 0.6 is 11.6 Å². The Balaban J connectivity index is 1.62. The molecule has 0 bridgehead atoms. The van der Waals surface area contributed by atoms with Crippen molar-refractivity contribution in [3.8, 4) is 11.6 Å². The van der Waals surface area contributed by atoms with Gasteiger partial charge in [-0.2, -0.15) is 0 Å². The van der Waals surface area contributed by atoms with Gasteiger partial charge in [-0.25, -0.2) is 9.78 Å². The first-order chi connectivity index (χ1) is 11.2. The second-order valence-corrected chi connectivity index (χ2v) is 5.06. The SMILES string of the molecule is COc1ccc(CNC(=O)NCCOc2ccc(Cl)cc2)cn1. The number of aromatic nitrogens is 1. The Labute approximate surface area is 139 Å². The summed E-state index contributed by atoms with van der Waals surface area (Å²) in [6.45, 7) is 1.16. The van der Waals surface area contributed by atoms with Gasteiger partial charge in [-0.15, -0.1) is 0 Å². The van der Waals surface area contributed by atoms with Crippen molar-refractivity contribution in [2.24, 2.45) is 0 Å². The number of nitrogens with one attached hydrogen (secondary N) is 2. The number of pyridine rings is 1. The van der Waals surface area contributed by atoms with E-state index in [9.17, 15) is 4.79 Å². The van der Waals surface area contributed by atoms with Gasteiger partial charge < -0.3 is 20.1 Å². The number of methoxy groups -OCH3 is 1. The van der Waals surface area contributed by atoms with Crippen LogP contribution in [0.1, 0.15) is 5.56 Å². The average molecular weight is 336 g/mol. The van der Waals surface area contributed by atoms with Crippen LogP contribution in [0.15, 0.2) is 42.6 Å². The zero-order valence-electron chi connectivity index (χ0n) is 12.7. The molecule has 122 valence electrons. The molecule has 2 rings (SSSR count). The van der Waals surface area contributed by atoms with E-state index in [1.54, 1.807) is 43.6 Å². The van der Waals surface area contributed by atoms with Gasteiger partial charge in [0, 0.05) is 23.8 Å². The summed E-state index contributed by atoms with van der Waals surface area (Å²) in [6, 6.07) is 10.4. The predicted octanol–water partition coefficient (Wildman–Crippen LogP) is 2.62. The molecule has 2 amide bonds. The lowest BCUT2D eigenvalue weighted by atomic mass is 10.3. The number of urea groups is 1. The Bertz CT molecular complexity index is 617. The largest absolute Gasteiger partial charge is 0.492 e. The molecule has 0 saturated carbocycles. The van der Waals surface area contributed by atoms with Crippen molar-refractivity contribution in [1.29, 1.82) is 0 Å². The molecule has 1 aromatic carbocycles. The summed E-state index contributed by atoms with van der Waals surface area (Å²) < 4.78 is 10.4. The molecule has 0 aliphatic heterocycles. The van der Waals surface area contributed by atoms with Gasteiger partial charge in [0.15, 0.2) is 0 Å². The van der Waals surface area contributed by atoms with E-state index in [2.05, 4.69) is 15.6 Å². The van der Waals surface area contributed by atoms with Crippen LogP contribution in [0.5, 0.6) is 11.6 Å². The molecule has 1 heterocycles. The Morgan fingerprint density at radius 2 is 1.96 bits per heavy atom. The van der Waals surface area contributed by atoms with E-state index >= 15 is 0 Å². The lowest BCUT2D eigenvalue weighted by Crippen LogP contribution is -2.37. The molecule has 1 aromatic heterocycles. The highest BCUT2D eigenvalue weighted by atomic mass is 35.5. The Morgan fingerprint density at radius 3 is 2.61 bits per heavy atom. The van der Waals surface area contributed by atoms with Crippen LogP contribution < -0.4 is 20.1 Å². The zero-order valence-corrected chi connectivity index (χ0v) is 13.5. The topological polar surface area (TPSA) is 72.5 Å². The van der Waals surface area contributed by atoms with Gasteiger partial charge in [0.25, 0.3) is 0 Å². The fourth-order valence-electron chi connectivity index (χ4n) is 1.75. The normalized spacial score (nSPS) is 10.0. The fourth-order valence-corrected chi connectivity index (χ4v) is 1.87. The van der Waals surface area contributed by atoms with E-state index in [1.807, 2.05) is 6.07 Å². The average Bonchev–Trinajstić information content (AvgIpc) is 2.59. The molecule has 0 atom stereocenters. The Kier molecular flexibility index (Phi) is 6.50. The van der Waals surface area contributed by atoms with Crippen molar-refractivity contribution in [1.82, 2.24) is 15.6 Å². The zero-order chi connectivity index (χ0) is 16.5. The van der Waals surface area contributed by atoms with Crippen molar-refractivity contribution >= 4 is 17.6 Å². The summed E-state index contributed by atoms with van der Waals surface area (Å²) in [6.07, 6.45) is 1.66. The van der Waals surface area contributed by atoms with Crippen molar-refractivity contribution in [3.63, 3.8) is 0 Å². The highest BCUT2D eigenvalue weighted by Gasteiger charge is 2.01. The highest BCUT2D eigenvalue weighted by Crippen LogP contribution is 2.15. The highest BCUT2D eigenvalue weighted by molar-refractivity contribution is 6.30. The van der Waals surface area contributed by atoms with Gasteiger partial charge in [0.2, 0.25) is 5.88 Å². The van der Waals surface area contributed by atoms with Crippen LogP contribution in [-0.2, 0) is 6.54 Å². The lowest BCUT2D eigenvalue weighted by molar-refractivity contribution is 0.236. The first-order valence-electron chi connectivity index (χ1n) is 7.06. The minimum atomic E-state index is -0.263. The molecule has 2 N–H and O–H groups in total.